The van der Waals surface area contributed by atoms with E-state index < -0.39 is 0 Å². The van der Waals surface area contributed by atoms with Crippen LogP contribution in [-0.4, -0.2) is 24.2 Å². The van der Waals surface area contributed by atoms with E-state index in [4.69, 9.17) is 9.47 Å². The predicted molar refractivity (Wildman–Crippen MR) is 91.9 cm³/mol. The Morgan fingerprint density at radius 2 is 1.96 bits per heavy atom. The van der Waals surface area contributed by atoms with Crippen LogP contribution in [0, 0.1) is 5.92 Å². The van der Waals surface area contributed by atoms with Crippen LogP contribution < -0.4 is 20.1 Å². The largest absolute Gasteiger partial charge is 0.454 e. The molecule has 1 aromatic heterocycles. The fourth-order valence-electron chi connectivity index (χ4n) is 2.34. The number of hydrogen-bond acceptors (Lipinski definition) is 5. The van der Waals surface area contributed by atoms with E-state index in [1.165, 1.54) is 0 Å². The first-order valence-corrected chi connectivity index (χ1v) is 8.03. The summed E-state index contributed by atoms with van der Waals surface area (Å²) in [6, 6.07) is 9.16. The van der Waals surface area contributed by atoms with Crippen LogP contribution in [0.25, 0.3) is 0 Å². The first-order valence-electron chi connectivity index (χ1n) is 8.03. The van der Waals surface area contributed by atoms with Crippen LogP contribution in [-0.2, 0) is 0 Å². The van der Waals surface area contributed by atoms with Gasteiger partial charge in [0.15, 0.2) is 11.5 Å². The van der Waals surface area contributed by atoms with E-state index in [0.717, 1.165) is 23.5 Å². The summed E-state index contributed by atoms with van der Waals surface area (Å²) in [6.45, 7) is 5.15. The Labute approximate surface area is 141 Å². The molecule has 3 rings (SSSR count). The first kappa shape index (κ1) is 16.1. The standard InChI is InChI=1S/C18H21N3O3/c1-12(2)5-7-20-18(22)15-9-14(6-8-19-15)21-13-3-4-16-17(10-13)24-11-23-16/h3-4,6,8-10,12H,5,7,11H2,1-2H3,(H,19,21)(H,20,22). The van der Waals surface area contributed by atoms with Gasteiger partial charge in [0, 0.05) is 30.2 Å². The van der Waals surface area contributed by atoms with E-state index >= 15 is 0 Å². The highest BCUT2D eigenvalue weighted by Crippen LogP contribution is 2.35. The van der Waals surface area contributed by atoms with Crippen molar-refractivity contribution in [2.45, 2.75) is 20.3 Å². The highest BCUT2D eigenvalue weighted by Gasteiger charge is 2.13. The predicted octanol–water partition coefficient (Wildman–Crippen LogP) is 3.33. The van der Waals surface area contributed by atoms with Crippen LogP contribution in [0.3, 0.4) is 0 Å². The van der Waals surface area contributed by atoms with Gasteiger partial charge in [-0.15, -0.1) is 0 Å². The Morgan fingerprint density at radius 3 is 2.79 bits per heavy atom. The van der Waals surface area contributed by atoms with Gasteiger partial charge in [0.1, 0.15) is 5.69 Å². The Morgan fingerprint density at radius 1 is 1.17 bits per heavy atom. The molecule has 1 amide bonds. The molecule has 2 N–H and O–H groups in total. The molecule has 24 heavy (non-hydrogen) atoms. The summed E-state index contributed by atoms with van der Waals surface area (Å²) in [5, 5.41) is 6.14. The van der Waals surface area contributed by atoms with Crippen molar-refractivity contribution in [3.63, 3.8) is 0 Å². The van der Waals surface area contributed by atoms with Crippen LogP contribution in [0.4, 0.5) is 11.4 Å². The smallest absolute Gasteiger partial charge is 0.269 e. The zero-order chi connectivity index (χ0) is 16.9. The summed E-state index contributed by atoms with van der Waals surface area (Å²) in [5.41, 5.74) is 2.04. The number of carbonyl (C=O) groups excluding carboxylic acids is 1. The molecule has 0 radical (unpaired) electrons. The molecule has 6 heteroatoms. The molecule has 0 saturated carbocycles. The van der Waals surface area contributed by atoms with Crippen molar-refractivity contribution in [1.29, 1.82) is 0 Å². The number of ether oxygens (including phenoxy) is 2. The van der Waals surface area contributed by atoms with Gasteiger partial charge in [0.2, 0.25) is 6.79 Å². The Balaban J connectivity index is 1.65. The fourth-order valence-corrected chi connectivity index (χ4v) is 2.34. The number of carbonyl (C=O) groups is 1. The zero-order valence-corrected chi connectivity index (χ0v) is 13.8. The molecule has 6 nitrogen and oxygen atoms in total. The molecule has 0 spiro atoms. The number of nitrogens with zero attached hydrogens (tertiary/aromatic N) is 1. The molecule has 0 unspecified atom stereocenters. The summed E-state index contributed by atoms with van der Waals surface area (Å²) in [4.78, 5) is 16.3. The van der Waals surface area contributed by atoms with E-state index in [1.54, 1.807) is 12.3 Å². The lowest BCUT2D eigenvalue weighted by Gasteiger charge is -2.10. The van der Waals surface area contributed by atoms with Crippen LogP contribution in [0.2, 0.25) is 0 Å². The minimum absolute atomic E-state index is 0.162. The quantitative estimate of drug-likeness (QED) is 0.851. The lowest BCUT2D eigenvalue weighted by Crippen LogP contribution is -2.26. The summed E-state index contributed by atoms with van der Waals surface area (Å²) >= 11 is 0. The number of anilines is 2. The van der Waals surface area contributed by atoms with Gasteiger partial charge in [-0.25, -0.2) is 0 Å². The third kappa shape index (κ3) is 3.95. The molecule has 0 bridgehead atoms. The number of amides is 1. The second-order valence-corrected chi connectivity index (χ2v) is 6.06. The molecular weight excluding hydrogens is 306 g/mol. The number of nitrogens with one attached hydrogen (secondary N) is 2. The van der Waals surface area contributed by atoms with Crippen molar-refractivity contribution in [2.24, 2.45) is 5.92 Å². The zero-order valence-electron chi connectivity index (χ0n) is 13.8. The molecular formula is C18H21N3O3. The van der Waals surface area contributed by atoms with Crippen molar-refractivity contribution >= 4 is 17.3 Å². The summed E-state index contributed by atoms with van der Waals surface area (Å²) in [5.74, 6) is 1.84. The topological polar surface area (TPSA) is 72.5 Å². The number of pyridine rings is 1. The minimum atomic E-state index is -0.162. The highest BCUT2D eigenvalue weighted by molar-refractivity contribution is 5.93. The highest BCUT2D eigenvalue weighted by atomic mass is 16.7. The van der Waals surface area contributed by atoms with E-state index in [1.807, 2.05) is 24.3 Å². The second-order valence-electron chi connectivity index (χ2n) is 6.06. The van der Waals surface area contributed by atoms with Gasteiger partial charge in [-0.3, -0.25) is 9.78 Å². The van der Waals surface area contributed by atoms with Crippen molar-refractivity contribution < 1.29 is 14.3 Å². The minimum Gasteiger partial charge on any atom is -0.454 e. The van der Waals surface area contributed by atoms with Crippen LogP contribution >= 0.6 is 0 Å². The van der Waals surface area contributed by atoms with Gasteiger partial charge >= 0.3 is 0 Å². The Hall–Kier alpha value is -2.76. The Kier molecular flexibility index (Phi) is 4.84. The lowest BCUT2D eigenvalue weighted by atomic mass is 10.1. The van der Waals surface area contributed by atoms with Gasteiger partial charge in [-0.05, 0) is 36.6 Å². The maximum absolute atomic E-state index is 12.1. The van der Waals surface area contributed by atoms with Crippen molar-refractivity contribution in [2.75, 3.05) is 18.7 Å². The van der Waals surface area contributed by atoms with Gasteiger partial charge in [-0.2, -0.15) is 0 Å². The van der Waals surface area contributed by atoms with Crippen molar-refractivity contribution in [3.05, 3.63) is 42.2 Å². The number of benzene rings is 1. The van der Waals surface area contributed by atoms with Crippen molar-refractivity contribution in [1.82, 2.24) is 10.3 Å². The van der Waals surface area contributed by atoms with Crippen molar-refractivity contribution in [3.8, 4) is 11.5 Å². The van der Waals surface area contributed by atoms with Crippen LogP contribution in [0.15, 0.2) is 36.5 Å². The molecule has 0 saturated heterocycles. The number of aromatic nitrogens is 1. The number of hydrogen-bond donors (Lipinski definition) is 2. The molecule has 0 fully saturated rings. The molecule has 1 aromatic carbocycles. The lowest BCUT2D eigenvalue weighted by molar-refractivity contribution is 0.0947. The SMILES string of the molecule is CC(C)CCNC(=O)c1cc(Nc2ccc3c(c2)OCO3)ccn1. The van der Waals surface area contributed by atoms with Gasteiger partial charge < -0.3 is 20.1 Å². The monoisotopic (exact) mass is 327 g/mol. The van der Waals surface area contributed by atoms with Gasteiger partial charge in [-0.1, -0.05) is 13.8 Å². The third-order valence-corrected chi connectivity index (χ3v) is 3.66. The third-order valence-electron chi connectivity index (χ3n) is 3.66. The molecule has 1 aliphatic rings. The van der Waals surface area contributed by atoms with Gasteiger partial charge in [0.25, 0.3) is 5.91 Å². The average Bonchev–Trinajstić information content (AvgIpc) is 3.02. The number of rotatable bonds is 6. The number of fused-ring (bicyclic) bond motifs is 1. The van der Waals surface area contributed by atoms with Gasteiger partial charge in [0.05, 0.1) is 0 Å². The fraction of sp³-hybridized carbons (Fsp3) is 0.333. The summed E-state index contributed by atoms with van der Waals surface area (Å²) < 4.78 is 10.7. The van der Waals surface area contributed by atoms with E-state index in [9.17, 15) is 4.79 Å². The van der Waals surface area contributed by atoms with Crippen LogP contribution in [0.5, 0.6) is 11.5 Å². The summed E-state index contributed by atoms with van der Waals surface area (Å²) in [6.07, 6.45) is 2.56. The molecule has 0 atom stereocenters. The molecule has 2 heterocycles. The molecule has 2 aromatic rings. The normalized spacial score (nSPS) is 12.3. The maximum atomic E-state index is 12.1. The van der Waals surface area contributed by atoms with E-state index in [-0.39, 0.29) is 12.7 Å². The maximum Gasteiger partial charge on any atom is 0.269 e. The Bertz CT molecular complexity index is 731. The molecule has 0 aliphatic carbocycles. The molecule has 1 aliphatic heterocycles. The molecule has 126 valence electrons. The summed E-state index contributed by atoms with van der Waals surface area (Å²) in [7, 11) is 0. The van der Waals surface area contributed by atoms with Crippen LogP contribution in [0.1, 0.15) is 30.8 Å². The first-order chi connectivity index (χ1) is 11.6. The van der Waals surface area contributed by atoms with E-state index in [0.29, 0.717) is 23.9 Å². The average molecular weight is 327 g/mol. The second kappa shape index (κ2) is 7.21. The van der Waals surface area contributed by atoms with E-state index in [2.05, 4.69) is 29.5 Å².